The zero-order valence-corrected chi connectivity index (χ0v) is 47.9. The van der Waals surface area contributed by atoms with E-state index in [1.807, 2.05) is 21.9 Å². The maximum Gasteiger partial charge on any atom is 0.263 e. The lowest BCUT2D eigenvalue weighted by Crippen LogP contribution is -2.55. The van der Waals surface area contributed by atoms with Gasteiger partial charge in [0, 0.05) is 61.3 Å². The fourth-order valence-electron chi connectivity index (χ4n) is 11.5. The van der Waals surface area contributed by atoms with Gasteiger partial charge in [0.05, 0.1) is 75.6 Å². The van der Waals surface area contributed by atoms with E-state index in [2.05, 4.69) is 30.8 Å². The van der Waals surface area contributed by atoms with Crippen molar-refractivity contribution in [2.45, 2.75) is 122 Å². The molecule has 0 unspecified atom stereocenters. The summed E-state index contributed by atoms with van der Waals surface area (Å²) in [6.07, 6.45) is 14.1. The number of nitrogens with zero attached hydrogens (tertiary/aromatic N) is 8. The lowest BCUT2D eigenvalue weighted by molar-refractivity contribution is -0.139. The summed E-state index contributed by atoms with van der Waals surface area (Å²) in [7, 11) is 1.73. The molecule has 2 saturated heterocycles. The summed E-state index contributed by atoms with van der Waals surface area (Å²) in [4.78, 5) is 105. The minimum atomic E-state index is -0.589. The molecule has 2 saturated carbocycles. The van der Waals surface area contributed by atoms with Crippen molar-refractivity contribution in [3.05, 3.63) is 91.9 Å². The number of amides is 3. The van der Waals surface area contributed by atoms with E-state index in [4.69, 9.17) is 28.9 Å². The summed E-state index contributed by atoms with van der Waals surface area (Å²) < 4.78 is 24.7. The van der Waals surface area contributed by atoms with Crippen molar-refractivity contribution in [1.29, 1.82) is 0 Å². The standard InChI is InChI=1S/C59H77N11O10S/c1-38-46-36-62-59(66-54(46)70(43-15-8-9-16-43)57(75)51(38)40(3)71)64-49-20-19-44(35-61-49)67-23-25-68(26-24-67)50(72)21-27-77-28-29-78-30-31-79-32-33-80-45-17-10-14-42(34-45)53(73)47-37-81-56(63-47)48-18-11-22-69(48)58(76)52(41-12-6-5-7-13-41)65-55(74)39(2)60-4/h10,14,17,19-20,34-37,39,41,43,48,52,60H,5-9,11-13,15-16,18,21-33H2,1-4H3,(H,65,74)(H,61,62,64,66)/t39-,48-,52-/m0/s1. The van der Waals surface area contributed by atoms with Crippen LogP contribution in [0, 0.1) is 12.8 Å². The monoisotopic (exact) mass is 1130 g/mol. The van der Waals surface area contributed by atoms with Gasteiger partial charge in [-0.05, 0) is 102 Å². The predicted molar refractivity (Wildman–Crippen MR) is 308 cm³/mol. The van der Waals surface area contributed by atoms with Crippen LogP contribution < -0.4 is 31.1 Å². The third kappa shape index (κ3) is 14.7. The normalized spacial score (nSPS) is 17.8. The maximum atomic E-state index is 14.2. The predicted octanol–water partition coefficient (Wildman–Crippen LogP) is 6.75. The van der Waals surface area contributed by atoms with Crippen LogP contribution in [0.25, 0.3) is 11.0 Å². The molecule has 9 rings (SSSR count). The topological polar surface area (TPSA) is 242 Å². The number of carbonyl (C=O) groups is 5. The number of thiazole rings is 1. The number of Topliss-reactive ketones (excluding diaryl/α,β-unsaturated/α-hetero) is 1. The van der Waals surface area contributed by atoms with Crippen LogP contribution in [0.1, 0.15) is 140 Å². The minimum Gasteiger partial charge on any atom is -0.491 e. The largest absolute Gasteiger partial charge is 0.491 e. The lowest BCUT2D eigenvalue weighted by atomic mass is 9.83. The highest BCUT2D eigenvalue weighted by molar-refractivity contribution is 7.10. The number of aromatic nitrogens is 5. The molecule has 3 atom stereocenters. The van der Waals surface area contributed by atoms with E-state index < -0.39 is 12.1 Å². The molecule has 0 spiro atoms. The fraction of sp³-hybridized carbons (Fsp3) is 0.559. The van der Waals surface area contributed by atoms with E-state index in [0.29, 0.717) is 118 Å². The summed E-state index contributed by atoms with van der Waals surface area (Å²) >= 11 is 1.39. The van der Waals surface area contributed by atoms with Crippen molar-refractivity contribution in [1.82, 2.24) is 44.9 Å². The molecule has 22 heteroatoms. The average Bonchev–Trinajstić information content (AvgIpc) is 4.36. The summed E-state index contributed by atoms with van der Waals surface area (Å²) in [5, 5.41) is 12.4. The maximum absolute atomic E-state index is 14.2. The molecule has 4 aliphatic rings. The Kier molecular flexibility index (Phi) is 20.6. The Morgan fingerprint density at radius 2 is 1.51 bits per heavy atom. The number of rotatable bonds is 26. The van der Waals surface area contributed by atoms with Gasteiger partial charge in [-0.25, -0.2) is 15.0 Å². The number of hydrogen-bond donors (Lipinski definition) is 3. The Hall–Kier alpha value is -6.72. The van der Waals surface area contributed by atoms with E-state index in [0.717, 1.165) is 81.3 Å². The molecule has 4 aromatic heterocycles. The van der Waals surface area contributed by atoms with E-state index >= 15 is 0 Å². The van der Waals surface area contributed by atoms with Crippen LogP contribution in [0.2, 0.25) is 0 Å². The Bertz CT molecular complexity index is 3040. The van der Waals surface area contributed by atoms with Crippen LogP contribution in [0.4, 0.5) is 17.5 Å². The molecule has 3 N–H and O–H groups in total. The highest BCUT2D eigenvalue weighted by Gasteiger charge is 2.40. The molecule has 6 heterocycles. The van der Waals surface area contributed by atoms with Gasteiger partial charge in [0.2, 0.25) is 29.5 Å². The summed E-state index contributed by atoms with van der Waals surface area (Å²) in [5.41, 5.74) is 2.72. The van der Waals surface area contributed by atoms with Crippen LogP contribution in [-0.2, 0) is 28.6 Å². The molecule has 81 heavy (non-hydrogen) atoms. The number of nitrogens with one attached hydrogen (secondary N) is 3. The molecule has 0 bridgehead atoms. The zero-order valence-electron chi connectivity index (χ0n) is 47.1. The van der Waals surface area contributed by atoms with Crippen LogP contribution in [0.3, 0.4) is 0 Å². The third-order valence-electron chi connectivity index (χ3n) is 16.1. The highest BCUT2D eigenvalue weighted by Crippen LogP contribution is 2.37. The van der Waals surface area contributed by atoms with Crippen molar-refractivity contribution in [3.63, 3.8) is 0 Å². The first-order chi connectivity index (χ1) is 39.4. The first kappa shape index (κ1) is 58.9. The van der Waals surface area contributed by atoms with E-state index in [1.54, 1.807) is 67.5 Å². The van der Waals surface area contributed by atoms with Crippen molar-refractivity contribution in [2.24, 2.45) is 5.92 Å². The second kappa shape index (κ2) is 28.3. The fourth-order valence-corrected chi connectivity index (χ4v) is 12.5. The number of fused-ring (bicyclic) bond motifs is 1. The van der Waals surface area contributed by atoms with Crippen LogP contribution in [0.15, 0.2) is 59.0 Å². The lowest BCUT2D eigenvalue weighted by Gasteiger charge is -2.36. The van der Waals surface area contributed by atoms with Crippen LogP contribution in [0.5, 0.6) is 5.75 Å². The number of likely N-dealkylation sites (N-methyl/N-ethyl adjacent to an activating group) is 1. The van der Waals surface area contributed by atoms with Gasteiger partial charge in [0.25, 0.3) is 5.56 Å². The van der Waals surface area contributed by atoms with Crippen LogP contribution >= 0.6 is 11.3 Å². The second-order valence-electron chi connectivity index (χ2n) is 21.4. The number of carbonyl (C=O) groups excluding carboxylic acids is 5. The van der Waals surface area contributed by atoms with Crippen molar-refractivity contribution >= 4 is 69.1 Å². The van der Waals surface area contributed by atoms with Gasteiger partial charge in [0.15, 0.2) is 5.78 Å². The van der Waals surface area contributed by atoms with Gasteiger partial charge in [-0.15, -0.1) is 11.3 Å². The van der Waals surface area contributed by atoms with E-state index in [-0.39, 0.29) is 71.4 Å². The second-order valence-corrected chi connectivity index (χ2v) is 22.3. The first-order valence-electron chi connectivity index (χ1n) is 28.8. The quantitative estimate of drug-likeness (QED) is 0.0383. The number of ether oxygens (including phenoxy) is 4. The molecule has 5 aromatic rings. The number of benzene rings is 1. The van der Waals surface area contributed by atoms with Crippen molar-refractivity contribution in [2.75, 3.05) is 96.2 Å². The summed E-state index contributed by atoms with van der Waals surface area (Å²) in [6.45, 7) is 10.4. The number of aryl methyl sites for hydroxylation is 1. The molecular formula is C59H77N11O10S. The molecule has 1 aromatic carbocycles. The Balaban J connectivity index is 0.628. The SMILES string of the molecule is CN[C@@H](C)C(=O)N[C@H](C(=O)N1CCC[C@H]1c1nc(C(=O)c2cccc(OCCOCCOCCOCCC(=O)N3CCN(c4ccc(Nc5ncc6c(C)c(C(C)=O)c(=O)n(C7CCCC7)c6n5)nc4)CC3)c2)cs1)C1CCCCC1. The third-order valence-corrected chi connectivity index (χ3v) is 17.1. The number of hydrogen-bond acceptors (Lipinski definition) is 18. The highest BCUT2D eigenvalue weighted by atomic mass is 32.1. The van der Waals surface area contributed by atoms with Crippen LogP contribution in [-0.4, -0.2) is 162 Å². The van der Waals surface area contributed by atoms with Gasteiger partial charge in [-0.1, -0.05) is 44.2 Å². The first-order valence-corrected chi connectivity index (χ1v) is 29.7. The van der Waals surface area contributed by atoms with Gasteiger partial charge >= 0.3 is 0 Å². The smallest absolute Gasteiger partial charge is 0.263 e. The van der Waals surface area contributed by atoms with E-state index in [9.17, 15) is 28.8 Å². The molecule has 3 amide bonds. The van der Waals surface area contributed by atoms with E-state index in [1.165, 1.54) is 18.3 Å². The van der Waals surface area contributed by atoms with Gasteiger partial charge < -0.3 is 49.6 Å². The van der Waals surface area contributed by atoms with Gasteiger partial charge in [-0.3, -0.25) is 33.3 Å². The Morgan fingerprint density at radius 3 is 2.21 bits per heavy atom. The summed E-state index contributed by atoms with van der Waals surface area (Å²) in [5.74, 6) is 0.789. The van der Waals surface area contributed by atoms with Gasteiger partial charge in [0.1, 0.15) is 40.6 Å². The molecular weight excluding hydrogens is 1050 g/mol. The Morgan fingerprint density at radius 1 is 0.790 bits per heavy atom. The number of likely N-dealkylation sites (tertiary alicyclic amines) is 1. The average molecular weight is 1130 g/mol. The minimum absolute atomic E-state index is 0.0133. The molecule has 21 nitrogen and oxygen atoms in total. The molecule has 434 valence electrons. The molecule has 4 fully saturated rings. The summed E-state index contributed by atoms with van der Waals surface area (Å²) in [6, 6.07) is 9.55. The molecule has 2 aliphatic carbocycles. The van der Waals surface area contributed by atoms with Crippen molar-refractivity contribution < 1.29 is 42.9 Å². The van der Waals surface area contributed by atoms with Crippen molar-refractivity contribution in [3.8, 4) is 5.75 Å². The molecule has 0 radical (unpaired) electrons. The number of ketones is 2. The number of anilines is 3. The number of pyridine rings is 2. The Labute approximate surface area is 476 Å². The zero-order chi connectivity index (χ0) is 56.8. The van der Waals surface area contributed by atoms with Gasteiger partial charge in [-0.2, -0.15) is 4.98 Å². The molecule has 2 aliphatic heterocycles. The number of piperazine rings is 1.